The second kappa shape index (κ2) is 6.11. The molecule has 4 rings (SSSR count). The average molecular weight is 418 g/mol. The number of halogens is 1. The van der Waals surface area contributed by atoms with Crippen molar-refractivity contribution in [3.8, 4) is 0 Å². The molecule has 0 spiro atoms. The van der Waals surface area contributed by atoms with E-state index in [2.05, 4.69) is 20.8 Å². The number of nitrogens with zero attached hydrogens (tertiary/aromatic N) is 1. The van der Waals surface area contributed by atoms with E-state index < -0.39 is 10.0 Å². The number of rotatable bonds is 4. The van der Waals surface area contributed by atoms with Crippen LogP contribution in [0.25, 0.3) is 10.8 Å². The Hall–Kier alpha value is -1.92. The maximum absolute atomic E-state index is 12.8. The van der Waals surface area contributed by atoms with Crippen molar-refractivity contribution < 1.29 is 13.1 Å². The van der Waals surface area contributed by atoms with Crippen molar-refractivity contribution >= 4 is 36.7 Å². The van der Waals surface area contributed by atoms with Crippen LogP contribution in [0.1, 0.15) is 30.0 Å². The molecule has 0 saturated heterocycles. The third kappa shape index (κ3) is 3.16. The molecule has 1 aliphatic carbocycles. The molecule has 1 heterocycles. The molecule has 6 heteroatoms. The maximum atomic E-state index is 12.8. The Morgan fingerprint density at radius 2 is 1.76 bits per heavy atom. The van der Waals surface area contributed by atoms with Gasteiger partial charge in [0.15, 0.2) is 0 Å². The molecule has 3 aromatic rings. The largest absolute Gasteiger partial charge is 0.306 e. The highest BCUT2D eigenvalue weighted by Gasteiger charge is 2.37. The molecule has 0 atom stereocenters. The van der Waals surface area contributed by atoms with Gasteiger partial charge in [-0.3, -0.25) is 0 Å². The van der Waals surface area contributed by atoms with Crippen LogP contribution in [0.4, 0.5) is 0 Å². The number of aromatic nitrogens is 1. The molecule has 0 aliphatic heterocycles. The first-order valence-electron chi connectivity index (χ1n) is 8.18. The Morgan fingerprint density at radius 1 is 1.08 bits per heavy atom. The van der Waals surface area contributed by atoms with Gasteiger partial charge >= 0.3 is 10.0 Å². The molecule has 1 aliphatic rings. The molecule has 25 heavy (non-hydrogen) atoms. The molecule has 128 valence electrons. The standard InChI is InChI=1S/C19H18BrN2O2S/c1-13-6-10-16(11-7-13)25(23,24)21-22-12-15-4-2-3-5-17(15)18(20)19(22)14-8-9-14/h2-7,10-12,14,21H,8-9H2,1H3/q+1. The number of fused-ring (bicyclic) bond motifs is 1. The highest BCUT2D eigenvalue weighted by molar-refractivity contribution is 9.10. The zero-order valence-electron chi connectivity index (χ0n) is 13.7. The highest BCUT2D eigenvalue weighted by Crippen LogP contribution is 2.43. The minimum atomic E-state index is -3.65. The van der Waals surface area contributed by atoms with Crippen molar-refractivity contribution in [3.05, 3.63) is 70.5 Å². The van der Waals surface area contributed by atoms with Crippen LogP contribution in [0.5, 0.6) is 0 Å². The molecule has 1 saturated carbocycles. The van der Waals surface area contributed by atoms with Gasteiger partial charge in [0, 0.05) is 16.7 Å². The Balaban J connectivity index is 1.83. The van der Waals surface area contributed by atoms with E-state index in [0.29, 0.717) is 5.92 Å². The number of benzene rings is 2. The predicted octanol–water partition coefficient (Wildman–Crippen LogP) is 4.01. The van der Waals surface area contributed by atoms with E-state index in [1.54, 1.807) is 28.9 Å². The Morgan fingerprint density at radius 3 is 2.44 bits per heavy atom. The van der Waals surface area contributed by atoms with Gasteiger partial charge in [-0.25, -0.2) is 0 Å². The van der Waals surface area contributed by atoms with Gasteiger partial charge < -0.3 is 0 Å². The van der Waals surface area contributed by atoms with Gasteiger partial charge in [0.1, 0.15) is 0 Å². The summed E-state index contributed by atoms with van der Waals surface area (Å²) >= 11 is 3.69. The molecular weight excluding hydrogens is 400 g/mol. The average Bonchev–Trinajstić information content (AvgIpc) is 3.40. The van der Waals surface area contributed by atoms with Crippen LogP contribution < -0.4 is 9.51 Å². The molecule has 1 fully saturated rings. The number of nitrogens with one attached hydrogen (secondary N) is 1. The summed E-state index contributed by atoms with van der Waals surface area (Å²) < 4.78 is 28.2. The van der Waals surface area contributed by atoms with Crippen molar-refractivity contribution in [1.29, 1.82) is 0 Å². The predicted molar refractivity (Wildman–Crippen MR) is 102 cm³/mol. The van der Waals surface area contributed by atoms with Crippen molar-refractivity contribution in [3.63, 3.8) is 0 Å². The zero-order valence-corrected chi connectivity index (χ0v) is 16.1. The Kier molecular flexibility index (Phi) is 4.04. The number of hydrogen-bond acceptors (Lipinski definition) is 2. The van der Waals surface area contributed by atoms with Crippen LogP contribution in [-0.4, -0.2) is 8.42 Å². The summed E-state index contributed by atoms with van der Waals surface area (Å²) in [7, 11) is -3.65. The lowest BCUT2D eigenvalue weighted by Crippen LogP contribution is -2.51. The number of hydrogen-bond donors (Lipinski definition) is 1. The lowest BCUT2D eigenvalue weighted by molar-refractivity contribution is -0.644. The summed E-state index contributed by atoms with van der Waals surface area (Å²) in [6, 6.07) is 14.8. The van der Waals surface area contributed by atoms with E-state index in [9.17, 15) is 8.42 Å². The summed E-state index contributed by atoms with van der Waals surface area (Å²) in [4.78, 5) is 3.00. The third-order valence-corrected chi connectivity index (χ3v) is 6.63. The molecule has 0 radical (unpaired) electrons. The fourth-order valence-electron chi connectivity index (χ4n) is 2.97. The van der Waals surface area contributed by atoms with Crippen molar-refractivity contribution in [2.75, 3.05) is 4.83 Å². The molecule has 2 aromatic carbocycles. The minimum absolute atomic E-state index is 0.261. The molecule has 1 aromatic heterocycles. The fraction of sp³-hybridized carbons (Fsp3) is 0.211. The van der Waals surface area contributed by atoms with E-state index in [4.69, 9.17) is 0 Å². The summed E-state index contributed by atoms with van der Waals surface area (Å²) in [6.07, 6.45) is 4.01. The van der Waals surface area contributed by atoms with Crippen LogP contribution in [0.15, 0.2) is 64.1 Å². The van der Waals surface area contributed by atoms with Crippen LogP contribution >= 0.6 is 15.9 Å². The fourth-order valence-corrected chi connectivity index (χ4v) is 4.86. The van der Waals surface area contributed by atoms with Crippen molar-refractivity contribution in [2.24, 2.45) is 0 Å². The van der Waals surface area contributed by atoms with E-state index >= 15 is 0 Å². The molecule has 0 bridgehead atoms. The molecule has 4 nitrogen and oxygen atoms in total. The minimum Gasteiger partial charge on any atom is -0.197 e. The number of sulfonamides is 1. The SMILES string of the molecule is Cc1ccc(S(=O)(=O)N[n+]2cc3ccccc3c(Br)c2C2CC2)cc1. The van der Waals surface area contributed by atoms with Crippen molar-refractivity contribution in [2.45, 2.75) is 30.6 Å². The van der Waals surface area contributed by atoms with E-state index in [0.717, 1.165) is 39.3 Å². The van der Waals surface area contributed by atoms with E-state index in [-0.39, 0.29) is 4.90 Å². The lowest BCUT2D eigenvalue weighted by atomic mass is 10.1. The van der Waals surface area contributed by atoms with Crippen LogP contribution in [0, 0.1) is 6.92 Å². The lowest BCUT2D eigenvalue weighted by Gasteiger charge is -2.10. The number of aryl methyl sites for hydroxylation is 1. The summed E-state index contributed by atoms with van der Waals surface area (Å²) in [5.41, 5.74) is 2.01. The van der Waals surface area contributed by atoms with Crippen LogP contribution in [0.2, 0.25) is 0 Å². The van der Waals surface area contributed by atoms with Gasteiger partial charge in [-0.15, -0.1) is 0 Å². The first-order valence-corrected chi connectivity index (χ1v) is 10.5. The molecule has 0 unspecified atom stereocenters. The normalized spacial score (nSPS) is 14.6. The van der Waals surface area contributed by atoms with Gasteiger partial charge in [-0.05, 0) is 53.9 Å². The monoisotopic (exact) mass is 417 g/mol. The molecule has 1 N–H and O–H groups in total. The first kappa shape index (κ1) is 16.5. The van der Waals surface area contributed by atoms with Gasteiger partial charge in [0.2, 0.25) is 11.9 Å². The van der Waals surface area contributed by atoms with Crippen LogP contribution in [-0.2, 0) is 10.0 Å². The second-order valence-electron chi connectivity index (χ2n) is 6.47. The third-order valence-electron chi connectivity index (χ3n) is 4.46. The van der Waals surface area contributed by atoms with Gasteiger partial charge in [0.05, 0.1) is 9.37 Å². The number of pyridine rings is 1. The highest BCUT2D eigenvalue weighted by atomic mass is 79.9. The quantitative estimate of drug-likeness (QED) is 0.651. The Labute approximate surface area is 155 Å². The summed E-state index contributed by atoms with van der Waals surface area (Å²) in [5.74, 6) is 0.375. The van der Waals surface area contributed by atoms with E-state index in [1.165, 1.54) is 0 Å². The summed E-state index contributed by atoms with van der Waals surface area (Å²) in [5, 5.41) is 2.07. The Bertz CT molecular complexity index is 1060. The van der Waals surface area contributed by atoms with Crippen molar-refractivity contribution in [1.82, 2.24) is 0 Å². The van der Waals surface area contributed by atoms with Gasteiger partial charge in [0.25, 0.3) is 0 Å². The first-order chi connectivity index (χ1) is 12.0. The topological polar surface area (TPSA) is 50.1 Å². The smallest absolute Gasteiger partial charge is 0.197 e. The summed E-state index contributed by atoms with van der Waals surface area (Å²) in [6.45, 7) is 1.93. The second-order valence-corrected chi connectivity index (χ2v) is 8.92. The van der Waals surface area contributed by atoms with Gasteiger partial charge in [-0.2, -0.15) is 8.42 Å². The zero-order chi connectivity index (χ0) is 17.6. The van der Waals surface area contributed by atoms with Crippen LogP contribution in [0.3, 0.4) is 0 Å². The molecule has 0 amide bonds. The molecular formula is C19H18BrN2O2S+. The van der Waals surface area contributed by atoms with Gasteiger partial charge in [-0.1, -0.05) is 45.4 Å². The van der Waals surface area contributed by atoms with E-state index in [1.807, 2.05) is 37.4 Å². The maximum Gasteiger partial charge on any atom is 0.306 e.